The average Bonchev–Trinajstić information content (AvgIpc) is 3.12. The predicted octanol–water partition coefficient (Wildman–Crippen LogP) is 6.11. The van der Waals surface area contributed by atoms with Crippen LogP contribution in [0.15, 0.2) is 45.9 Å². The molecule has 1 N–H and O–H groups in total. The average molecular weight is 480 g/mol. The number of aliphatic imine (C=N–C) groups is 1. The van der Waals surface area contributed by atoms with Gasteiger partial charge in [0, 0.05) is 22.1 Å². The minimum Gasteiger partial charge on any atom is -0.340 e. The third kappa shape index (κ3) is 3.66. The number of nitrogens with zero attached hydrogens (tertiary/aromatic N) is 2. The molecule has 1 amide bonds. The fourth-order valence-electron chi connectivity index (χ4n) is 6.00. The van der Waals surface area contributed by atoms with Crippen molar-refractivity contribution in [2.24, 2.45) is 4.99 Å². The summed E-state index contributed by atoms with van der Waals surface area (Å²) in [5.74, 6) is 0.370. The summed E-state index contributed by atoms with van der Waals surface area (Å²) < 4.78 is 0.778. The maximum Gasteiger partial charge on any atom is 0.279 e. The topological polar surface area (TPSA) is 44.7 Å². The number of carbonyl (C=O) groups excluding carboxylic acids is 1. The van der Waals surface area contributed by atoms with Crippen molar-refractivity contribution in [3.8, 4) is 0 Å². The third-order valence-corrected chi connectivity index (χ3v) is 8.27. The second-order valence-electron chi connectivity index (χ2n) is 9.33. The molecule has 2 aliphatic heterocycles. The van der Waals surface area contributed by atoms with Crippen molar-refractivity contribution in [1.29, 1.82) is 0 Å². The van der Waals surface area contributed by atoms with Gasteiger partial charge < -0.3 is 10.2 Å². The molecule has 0 bridgehead atoms. The fraction of sp³-hybridized carbons (Fsp3) is 0.462. The van der Waals surface area contributed by atoms with E-state index in [2.05, 4.69) is 62.1 Å². The Morgan fingerprint density at radius 3 is 2.61 bits per heavy atom. The van der Waals surface area contributed by atoms with Gasteiger partial charge >= 0.3 is 0 Å². The van der Waals surface area contributed by atoms with Crippen LogP contribution >= 0.6 is 15.9 Å². The molecule has 2 heterocycles. The smallest absolute Gasteiger partial charge is 0.279 e. The normalized spacial score (nSPS) is 20.6. The number of hydrogen-bond donors (Lipinski definition) is 1. The number of fused-ring (bicyclic) bond motifs is 2. The van der Waals surface area contributed by atoms with Gasteiger partial charge in [0.2, 0.25) is 0 Å². The number of amides is 1. The monoisotopic (exact) mass is 479 g/mol. The quantitative estimate of drug-likeness (QED) is 0.539. The molecule has 1 saturated heterocycles. The van der Waals surface area contributed by atoms with Crippen molar-refractivity contribution in [1.82, 2.24) is 5.32 Å². The first-order chi connectivity index (χ1) is 15.1. The molecule has 3 aliphatic rings. The molecule has 2 aromatic rings. The highest BCUT2D eigenvalue weighted by Crippen LogP contribution is 2.53. The molecule has 0 unspecified atom stereocenters. The highest BCUT2D eigenvalue weighted by atomic mass is 79.9. The number of halogens is 1. The summed E-state index contributed by atoms with van der Waals surface area (Å²) in [5, 5.41) is 3.49. The number of anilines is 2. The summed E-state index contributed by atoms with van der Waals surface area (Å²) in [6.07, 6.45) is 8.76. The molecule has 2 fully saturated rings. The van der Waals surface area contributed by atoms with E-state index in [1.54, 1.807) is 0 Å². The lowest BCUT2D eigenvalue weighted by molar-refractivity contribution is 0.100. The van der Waals surface area contributed by atoms with E-state index in [4.69, 9.17) is 0 Å². The Kier molecular flexibility index (Phi) is 5.74. The minimum absolute atomic E-state index is 0.181. The number of piperidine rings is 1. The fourth-order valence-corrected chi connectivity index (χ4v) is 6.52. The summed E-state index contributed by atoms with van der Waals surface area (Å²) in [5.41, 5.74) is 5.97. The summed E-state index contributed by atoms with van der Waals surface area (Å²) in [6.45, 7) is 6.65. The van der Waals surface area contributed by atoms with Crippen LogP contribution in [-0.4, -0.2) is 32.3 Å². The van der Waals surface area contributed by atoms with Gasteiger partial charge in [-0.1, -0.05) is 37.5 Å². The predicted molar refractivity (Wildman–Crippen MR) is 131 cm³/mol. The van der Waals surface area contributed by atoms with Gasteiger partial charge in [0.05, 0.1) is 11.3 Å². The van der Waals surface area contributed by atoms with E-state index in [1.165, 1.54) is 61.8 Å². The first-order valence-corrected chi connectivity index (χ1v) is 12.3. The molecule has 0 atom stereocenters. The second kappa shape index (κ2) is 8.51. The van der Waals surface area contributed by atoms with Crippen molar-refractivity contribution in [3.05, 3.63) is 57.6 Å². The Labute approximate surface area is 193 Å². The Morgan fingerprint density at radius 2 is 1.87 bits per heavy atom. The number of carbonyl (C=O) groups is 1. The Hall–Kier alpha value is -1.98. The molecule has 2 aromatic carbocycles. The van der Waals surface area contributed by atoms with E-state index in [0.717, 1.165) is 29.8 Å². The van der Waals surface area contributed by atoms with E-state index in [1.807, 2.05) is 12.1 Å². The Bertz CT molecular complexity index is 1010. The first-order valence-electron chi connectivity index (χ1n) is 11.6. The van der Waals surface area contributed by atoms with E-state index < -0.39 is 0 Å². The zero-order valence-electron chi connectivity index (χ0n) is 18.0. The number of rotatable bonds is 3. The van der Waals surface area contributed by atoms with Gasteiger partial charge in [-0.2, -0.15) is 0 Å². The van der Waals surface area contributed by atoms with Crippen LogP contribution in [0.3, 0.4) is 0 Å². The maximum absolute atomic E-state index is 12.7. The van der Waals surface area contributed by atoms with E-state index in [-0.39, 0.29) is 11.3 Å². The molecule has 162 valence electrons. The number of nitrogens with one attached hydrogen (secondary N) is 1. The van der Waals surface area contributed by atoms with Crippen molar-refractivity contribution in [3.63, 3.8) is 0 Å². The molecular weight excluding hydrogens is 450 g/mol. The summed E-state index contributed by atoms with van der Waals surface area (Å²) in [4.78, 5) is 18.8. The summed E-state index contributed by atoms with van der Waals surface area (Å²) in [7, 11) is 0. The van der Waals surface area contributed by atoms with E-state index in [0.29, 0.717) is 11.5 Å². The zero-order valence-corrected chi connectivity index (χ0v) is 19.6. The molecule has 1 saturated carbocycles. The van der Waals surface area contributed by atoms with Crippen molar-refractivity contribution in [2.45, 2.75) is 56.3 Å². The third-order valence-electron chi connectivity index (χ3n) is 7.60. The highest BCUT2D eigenvalue weighted by Gasteiger charge is 2.44. The van der Waals surface area contributed by atoms with Crippen LogP contribution < -0.4 is 10.2 Å². The first kappa shape index (κ1) is 20.9. The van der Waals surface area contributed by atoms with Crippen LogP contribution in [0.2, 0.25) is 0 Å². The molecule has 5 rings (SSSR count). The summed E-state index contributed by atoms with van der Waals surface area (Å²) in [6, 6.07) is 13.1. The second-order valence-corrected chi connectivity index (χ2v) is 10.2. The van der Waals surface area contributed by atoms with Crippen LogP contribution in [-0.2, 0) is 5.41 Å². The molecule has 0 radical (unpaired) electrons. The molecule has 1 spiro atoms. The van der Waals surface area contributed by atoms with Crippen molar-refractivity contribution >= 4 is 39.9 Å². The van der Waals surface area contributed by atoms with Gasteiger partial charge in [0.25, 0.3) is 5.91 Å². The molecule has 5 heteroatoms. The number of hydrogen-bond acceptors (Lipinski definition) is 3. The van der Waals surface area contributed by atoms with E-state index >= 15 is 0 Å². The van der Waals surface area contributed by atoms with Crippen LogP contribution in [0.5, 0.6) is 0 Å². The Morgan fingerprint density at radius 1 is 1.10 bits per heavy atom. The van der Waals surface area contributed by atoms with Gasteiger partial charge in [-0.15, -0.1) is 0 Å². The number of benzene rings is 2. The lowest BCUT2D eigenvalue weighted by atomic mass is 9.70. The van der Waals surface area contributed by atoms with Crippen LogP contribution in [0, 0.1) is 0 Å². The lowest BCUT2D eigenvalue weighted by Crippen LogP contribution is -2.34. The van der Waals surface area contributed by atoms with Crippen molar-refractivity contribution < 1.29 is 4.79 Å². The SMILES string of the molecule is C=NC(=O)c1c(Br)cccc1N1CC2(CCCCC2)c2cc(C3CCNCC3)ccc21. The summed E-state index contributed by atoms with van der Waals surface area (Å²) >= 11 is 3.59. The standard InChI is InChI=1S/C26H30BrN3O/c1-28-25(31)24-21(27)6-5-7-23(24)30-17-26(12-3-2-4-13-26)20-16-19(8-9-22(20)30)18-10-14-29-15-11-18/h5-9,16,18,29H,1-4,10-15,17H2. The molecular formula is C26H30BrN3O. The molecule has 0 aromatic heterocycles. The minimum atomic E-state index is -0.278. The Balaban J connectivity index is 1.62. The van der Waals surface area contributed by atoms with Crippen molar-refractivity contribution in [2.75, 3.05) is 24.5 Å². The van der Waals surface area contributed by atoms with Gasteiger partial charge in [-0.25, -0.2) is 4.99 Å². The lowest BCUT2D eigenvalue weighted by Gasteiger charge is -2.35. The van der Waals surface area contributed by atoms with Gasteiger partial charge in [0.15, 0.2) is 0 Å². The largest absolute Gasteiger partial charge is 0.340 e. The van der Waals surface area contributed by atoms with Gasteiger partial charge in [-0.3, -0.25) is 4.79 Å². The maximum atomic E-state index is 12.7. The molecule has 1 aliphatic carbocycles. The molecule has 31 heavy (non-hydrogen) atoms. The molecule has 4 nitrogen and oxygen atoms in total. The van der Waals surface area contributed by atoms with Crippen LogP contribution in [0.1, 0.15) is 72.3 Å². The van der Waals surface area contributed by atoms with Crippen LogP contribution in [0.25, 0.3) is 0 Å². The van der Waals surface area contributed by atoms with Gasteiger partial charge in [0.1, 0.15) is 0 Å². The zero-order chi connectivity index (χ0) is 21.4. The van der Waals surface area contributed by atoms with Crippen LogP contribution in [0.4, 0.5) is 11.4 Å². The highest BCUT2D eigenvalue weighted by molar-refractivity contribution is 9.10. The van der Waals surface area contributed by atoms with Gasteiger partial charge in [-0.05, 0) is 96.7 Å². The van der Waals surface area contributed by atoms with E-state index in [9.17, 15) is 4.79 Å².